The van der Waals surface area contributed by atoms with E-state index in [9.17, 15) is 4.79 Å². The molecule has 5 aromatic carbocycles. The van der Waals surface area contributed by atoms with Gasteiger partial charge in [-0.05, 0) is 159 Å². The van der Waals surface area contributed by atoms with E-state index in [-0.39, 0.29) is 5.56 Å². The molecule has 17 heteroatoms. The van der Waals surface area contributed by atoms with Gasteiger partial charge in [-0.2, -0.15) is 0 Å². The predicted octanol–water partition coefficient (Wildman–Crippen LogP) is 10.9. The summed E-state index contributed by atoms with van der Waals surface area (Å²) in [5.74, 6) is 0.813. The van der Waals surface area contributed by atoms with E-state index in [2.05, 4.69) is 125 Å². The second-order valence-corrected chi connectivity index (χ2v) is 17.2. The maximum atomic E-state index is 11.2. The molecular formula is C38H24ClI3N10OS2. The van der Waals surface area contributed by atoms with E-state index < -0.39 is 0 Å². The first-order valence-corrected chi connectivity index (χ1v) is 21.4. The third kappa shape index (κ3) is 9.97. The van der Waals surface area contributed by atoms with E-state index in [0.717, 1.165) is 66.3 Å². The van der Waals surface area contributed by atoms with Gasteiger partial charge < -0.3 is 16.0 Å². The molecule has 272 valence electrons. The summed E-state index contributed by atoms with van der Waals surface area (Å²) in [6.07, 6.45) is 4.47. The molecule has 0 unspecified atom stereocenters. The van der Waals surface area contributed by atoms with Crippen molar-refractivity contribution in [3.8, 4) is 0 Å². The third-order valence-electron chi connectivity index (χ3n) is 7.70. The van der Waals surface area contributed by atoms with Crippen LogP contribution in [0.3, 0.4) is 0 Å². The summed E-state index contributed by atoms with van der Waals surface area (Å²) in [6, 6.07) is 29.5. The van der Waals surface area contributed by atoms with Gasteiger partial charge in [0.2, 0.25) is 0 Å². The highest BCUT2D eigenvalue weighted by Gasteiger charge is 2.06. The molecule has 11 nitrogen and oxygen atoms in total. The number of hydrogen-bond acceptors (Lipinski definition) is 12. The van der Waals surface area contributed by atoms with Crippen molar-refractivity contribution >= 4 is 172 Å². The molecule has 0 aliphatic rings. The monoisotopic (exact) mass is 1120 g/mol. The number of hydrogen-bond donors (Lipinski definition) is 3. The molecule has 0 amide bonds. The van der Waals surface area contributed by atoms with Gasteiger partial charge >= 0.3 is 0 Å². The Bertz CT molecular complexity index is 3000. The van der Waals surface area contributed by atoms with Crippen LogP contribution in [0.1, 0.15) is 0 Å². The Morgan fingerprint density at radius 3 is 1.84 bits per heavy atom. The molecule has 0 saturated heterocycles. The van der Waals surface area contributed by atoms with Gasteiger partial charge in [0.1, 0.15) is 23.6 Å². The lowest BCUT2D eigenvalue weighted by Crippen LogP contribution is -2.05. The van der Waals surface area contributed by atoms with Gasteiger partial charge in [-0.15, -0.1) is 22.7 Å². The third-order valence-corrected chi connectivity index (χ3v) is 11.6. The number of fused-ring (bicyclic) bond motifs is 5. The number of H-pyrrole nitrogens is 1. The van der Waals surface area contributed by atoms with E-state index in [0.29, 0.717) is 10.5 Å². The standard InChI is InChI=1S/C15H9IN4S.C8H4ClIN2.C8H5IN2O.C7H6N2S/c16-9-1-3-12-11(5-9)15(18-7-17-12)20-10-2-4-14-13(6-10)19-8-21-14;9-8-6-3-5(10)1-2-7(6)11-4-12-8;9-5-1-2-7-6(3-5)8(12)11-4-10-7;8-5-1-2-7-6(3-5)9-4-10-7/h1-8H,(H,17,18,20);1-4H;1-4H,(H,10,11,12);1-4H,8H2. The van der Waals surface area contributed by atoms with Crippen molar-refractivity contribution in [1.82, 2.24) is 39.9 Å². The lowest BCUT2D eigenvalue weighted by Gasteiger charge is -2.08. The zero-order valence-corrected chi connectivity index (χ0v) is 36.9. The molecule has 0 aliphatic heterocycles. The molecule has 10 aromatic rings. The van der Waals surface area contributed by atoms with Crippen LogP contribution in [0.15, 0.2) is 126 Å². The van der Waals surface area contributed by atoms with Crippen LogP contribution in [-0.4, -0.2) is 39.9 Å². The molecule has 0 atom stereocenters. The summed E-state index contributed by atoms with van der Waals surface area (Å²) >= 11 is 15.8. The highest BCUT2D eigenvalue weighted by molar-refractivity contribution is 14.1. The van der Waals surface area contributed by atoms with Gasteiger partial charge in [0.15, 0.2) is 0 Å². The summed E-state index contributed by atoms with van der Waals surface area (Å²) in [5.41, 5.74) is 15.4. The number of aromatic amines is 1. The fourth-order valence-corrected chi connectivity index (χ4v) is 8.10. The normalized spacial score (nSPS) is 10.7. The average molecular weight is 1120 g/mol. The highest BCUT2D eigenvalue weighted by Crippen LogP contribution is 2.27. The maximum absolute atomic E-state index is 11.2. The quantitative estimate of drug-likeness (QED) is 0.0863. The van der Waals surface area contributed by atoms with Crippen molar-refractivity contribution in [2.45, 2.75) is 0 Å². The Morgan fingerprint density at radius 1 is 0.582 bits per heavy atom. The van der Waals surface area contributed by atoms with Crippen LogP contribution in [-0.2, 0) is 0 Å². The number of thiazole rings is 2. The van der Waals surface area contributed by atoms with Crippen molar-refractivity contribution in [2.75, 3.05) is 11.1 Å². The lowest BCUT2D eigenvalue weighted by molar-refractivity contribution is 1.17. The van der Waals surface area contributed by atoms with Gasteiger partial charge in [-0.25, -0.2) is 34.9 Å². The molecule has 0 spiro atoms. The van der Waals surface area contributed by atoms with Crippen LogP contribution in [0.4, 0.5) is 17.2 Å². The second kappa shape index (κ2) is 18.2. The maximum Gasteiger partial charge on any atom is 0.258 e. The van der Waals surface area contributed by atoms with Gasteiger partial charge in [-0.1, -0.05) is 11.6 Å². The summed E-state index contributed by atoms with van der Waals surface area (Å²) in [7, 11) is 0. The summed E-state index contributed by atoms with van der Waals surface area (Å²) in [6.45, 7) is 0. The molecule has 0 saturated carbocycles. The first-order chi connectivity index (χ1) is 26.7. The summed E-state index contributed by atoms with van der Waals surface area (Å²) < 4.78 is 5.71. The zero-order valence-electron chi connectivity index (χ0n) is 28.0. The molecule has 10 rings (SSSR count). The van der Waals surface area contributed by atoms with Crippen LogP contribution in [0.25, 0.3) is 53.1 Å². The topological polar surface area (TPSA) is 161 Å². The first-order valence-electron chi connectivity index (χ1n) is 16.0. The number of nitrogens with one attached hydrogen (secondary N) is 2. The molecule has 55 heavy (non-hydrogen) atoms. The predicted molar refractivity (Wildman–Crippen MR) is 252 cm³/mol. The minimum absolute atomic E-state index is 0.0847. The van der Waals surface area contributed by atoms with Crippen molar-refractivity contribution in [1.29, 1.82) is 0 Å². The molecule has 5 heterocycles. The van der Waals surface area contributed by atoms with Crippen LogP contribution in [0.5, 0.6) is 0 Å². The number of nitrogens with zero attached hydrogens (tertiary/aromatic N) is 7. The van der Waals surface area contributed by atoms with Crippen LogP contribution in [0, 0.1) is 10.7 Å². The molecule has 5 aromatic heterocycles. The van der Waals surface area contributed by atoms with E-state index in [1.165, 1.54) is 22.1 Å². The Balaban J connectivity index is 0.000000119. The minimum Gasteiger partial charge on any atom is -0.399 e. The number of anilines is 3. The number of halogens is 4. The molecule has 4 N–H and O–H groups in total. The fourth-order valence-electron chi connectivity index (χ4n) is 5.11. The Hall–Kier alpha value is -4.22. The van der Waals surface area contributed by atoms with Crippen LogP contribution >= 0.6 is 102 Å². The number of nitrogens with two attached hydrogens (primary N) is 1. The van der Waals surface area contributed by atoms with Crippen molar-refractivity contribution in [2.24, 2.45) is 0 Å². The Morgan fingerprint density at radius 2 is 1.15 bits per heavy atom. The van der Waals surface area contributed by atoms with Crippen molar-refractivity contribution in [3.63, 3.8) is 0 Å². The van der Waals surface area contributed by atoms with Gasteiger partial charge in [-0.3, -0.25) is 4.79 Å². The first kappa shape index (κ1) is 39.0. The van der Waals surface area contributed by atoms with Crippen LogP contribution < -0.4 is 16.6 Å². The summed E-state index contributed by atoms with van der Waals surface area (Å²) in [4.78, 5) is 42.9. The van der Waals surface area contributed by atoms with Gasteiger partial charge in [0, 0.05) is 32.9 Å². The van der Waals surface area contributed by atoms with Gasteiger partial charge in [0.05, 0.1) is 59.7 Å². The SMILES string of the molecule is Clc1ncnc2ccc(I)cc12.Ic1ccc2ncnc(Nc3ccc4scnc4c3)c2c1.Nc1ccc2scnc2c1.O=c1[nH]cnc2ccc(I)cc12. The largest absolute Gasteiger partial charge is 0.399 e. The number of benzene rings is 5. The molecule has 0 bridgehead atoms. The Labute approximate surface area is 366 Å². The number of aromatic nitrogens is 8. The van der Waals surface area contributed by atoms with E-state index in [4.69, 9.17) is 17.3 Å². The van der Waals surface area contributed by atoms with E-state index >= 15 is 0 Å². The second-order valence-electron chi connectivity index (χ2n) is 11.3. The zero-order chi connectivity index (χ0) is 38.3. The lowest BCUT2D eigenvalue weighted by atomic mass is 10.2. The average Bonchev–Trinajstić information content (AvgIpc) is 3.86. The van der Waals surface area contributed by atoms with E-state index in [1.807, 2.05) is 89.9 Å². The highest BCUT2D eigenvalue weighted by atomic mass is 127. The number of nitrogen functional groups attached to an aromatic ring is 1. The van der Waals surface area contributed by atoms with E-state index in [1.54, 1.807) is 29.0 Å². The summed E-state index contributed by atoms with van der Waals surface area (Å²) in [5, 5.41) is 6.45. The van der Waals surface area contributed by atoms with Crippen molar-refractivity contribution in [3.05, 3.63) is 147 Å². The minimum atomic E-state index is -0.0847. The molecule has 0 aliphatic carbocycles. The molecular weight excluding hydrogens is 1090 g/mol. The fraction of sp³-hybridized carbons (Fsp3) is 0. The molecule has 0 fully saturated rings. The van der Waals surface area contributed by atoms with Crippen molar-refractivity contribution < 1.29 is 0 Å². The van der Waals surface area contributed by atoms with Gasteiger partial charge in [0.25, 0.3) is 5.56 Å². The van der Waals surface area contributed by atoms with Crippen LogP contribution in [0.2, 0.25) is 5.15 Å². The number of rotatable bonds is 2. The smallest absolute Gasteiger partial charge is 0.258 e. The molecule has 0 radical (unpaired) electrons. The Kier molecular flexibility index (Phi) is 12.9.